The van der Waals surface area contributed by atoms with Crippen molar-refractivity contribution >= 4 is 5.78 Å². The van der Waals surface area contributed by atoms with E-state index in [9.17, 15) is 18.0 Å². The molecule has 0 radical (unpaired) electrons. The third kappa shape index (κ3) is 2.59. The highest BCUT2D eigenvalue weighted by atomic mass is 19.2. The van der Waals surface area contributed by atoms with Gasteiger partial charge in [0.05, 0.1) is 12.2 Å². The third-order valence-corrected chi connectivity index (χ3v) is 4.17. The minimum Gasteiger partial charge on any atom is -0.375 e. The van der Waals surface area contributed by atoms with Crippen molar-refractivity contribution in [2.24, 2.45) is 5.92 Å². The Hall–Kier alpha value is -1.36. The van der Waals surface area contributed by atoms with Crippen molar-refractivity contribution in [3.63, 3.8) is 0 Å². The summed E-state index contributed by atoms with van der Waals surface area (Å²) in [6.07, 6.45) is 3.55. The zero-order valence-corrected chi connectivity index (χ0v) is 10.9. The Morgan fingerprint density at radius 2 is 1.65 bits per heavy atom. The molecule has 2 aliphatic rings. The van der Waals surface area contributed by atoms with Crippen molar-refractivity contribution in [3.05, 3.63) is 35.1 Å². The van der Waals surface area contributed by atoms with E-state index in [2.05, 4.69) is 0 Å². The van der Waals surface area contributed by atoms with E-state index in [1.807, 2.05) is 0 Å². The molecule has 0 saturated carbocycles. The number of halogens is 3. The summed E-state index contributed by atoms with van der Waals surface area (Å²) in [5, 5.41) is 0. The Morgan fingerprint density at radius 1 is 1.10 bits per heavy atom. The third-order valence-electron chi connectivity index (χ3n) is 4.17. The molecule has 2 aliphatic heterocycles. The molecule has 0 aliphatic carbocycles. The van der Waals surface area contributed by atoms with Crippen LogP contribution in [-0.2, 0) is 16.0 Å². The van der Waals surface area contributed by atoms with Crippen LogP contribution in [-0.4, -0.2) is 18.0 Å². The summed E-state index contributed by atoms with van der Waals surface area (Å²) in [6, 6.07) is 1.79. The first-order chi connectivity index (χ1) is 9.52. The van der Waals surface area contributed by atoms with Crippen LogP contribution in [0.4, 0.5) is 13.2 Å². The van der Waals surface area contributed by atoms with E-state index in [-0.39, 0.29) is 35.9 Å². The molecule has 3 rings (SSSR count). The van der Waals surface area contributed by atoms with Crippen LogP contribution in [0.3, 0.4) is 0 Å². The lowest BCUT2D eigenvalue weighted by Gasteiger charge is -2.27. The van der Waals surface area contributed by atoms with E-state index in [0.717, 1.165) is 25.0 Å². The predicted molar refractivity (Wildman–Crippen MR) is 65.6 cm³/mol. The van der Waals surface area contributed by atoms with Gasteiger partial charge in [-0.2, -0.15) is 0 Å². The van der Waals surface area contributed by atoms with Gasteiger partial charge in [-0.3, -0.25) is 4.79 Å². The topological polar surface area (TPSA) is 26.3 Å². The second-order valence-electron chi connectivity index (χ2n) is 5.64. The van der Waals surface area contributed by atoms with Crippen LogP contribution in [0.25, 0.3) is 0 Å². The molecule has 2 fully saturated rings. The molecule has 0 amide bonds. The zero-order valence-electron chi connectivity index (χ0n) is 10.9. The number of carbonyl (C=O) groups is 1. The molecule has 2 bridgehead atoms. The second kappa shape index (κ2) is 5.20. The van der Waals surface area contributed by atoms with E-state index in [4.69, 9.17) is 4.74 Å². The number of Topliss-reactive ketones (excluding diaryl/α,β-unsaturated/α-hetero) is 1. The Labute approximate surface area is 114 Å². The normalized spacial score (nSPS) is 28.6. The van der Waals surface area contributed by atoms with E-state index in [1.54, 1.807) is 0 Å². The number of benzene rings is 1. The summed E-state index contributed by atoms with van der Waals surface area (Å²) in [7, 11) is 0. The highest BCUT2D eigenvalue weighted by Gasteiger charge is 2.37. The minimum atomic E-state index is -1.50. The van der Waals surface area contributed by atoms with Gasteiger partial charge in [-0.25, -0.2) is 13.2 Å². The number of hydrogen-bond donors (Lipinski definition) is 0. The minimum absolute atomic E-state index is 0.0457. The monoisotopic (exact) mass is 284 g/mol. The fourth-order valence-corrected chi connectivity index (χ4v) is 3.18. The fourth-order valence-electron chi connectivity index (χ4n) is 3.18. The molecule has 2 nitrogen and oxygen atoms in total. The summed E-state index contributed by atoms with van der Waals surface area (Å²) < 4.78 is 44.8. The molecule has 2 saturated heterocycles. The van der Waals surface area contributed by atoms with Crippen molar-refractivity contribution in [1.82, 2.24) is 0 Å². The number of hydrogen-bond acceptors (Lipinski definition) is 2. The van der Waals surface area contributed by atoms with Crippen molar-refractivity contribution in [2.45, 2.75) is 44.3 Å². The van der Waals surface area contributed by atoms with Gasteiger partial charge in [0.15, 0.2) is 17.5 Å². The Morgan fingerprint density at radius 3 is 2.20 bits per heavy atom. The van der Waals surface area contributed by atoms with Gasteiger partial charge in [0.1, 0.15) is 5.78 Å². The van der Waals surface area contributed by atoms with Crippen LogP contribution in [0.1, 0.15) is 31.2 Å². The van der Waals surface area contributed by atoms with Gasteiger partial charge in [0, 0.05) is 12.3 Å². The maximum atomic E-state index is 13.1. The van der Waals surface area contributed by atoms with Gasteiger partial charge in [-0.05, 0) is 43.4 Å². The molecule has 5 heteroatoms. The van der Waals surface area contributed by atoms with Gasteiger partial charge in [-0.1, -0.05) is 0 Å². The van der Waals surface area contributed by atoms with Crippen LogP contribution in [0.15, 0.2) is 12.1 Å². The molecule has 1 aromatic rings. The zero-order chi connectivity index (χ0) is 14.3. The molecular weight excluding hydrogens is 269 g/mol. The first-order valence-corrected chi connectivity index (χ1v) is 6.84. The molecule has 108 valence electrons. The molecule has 20 heavy (non-hydrogen) atoms. The van der Waals surface area contributed by atoms with Crippen molar-refractivity contribution in [1.29, 1.82) is 0 Å². The highest BCUT2D eigenvalue weighted by molar-refractivity contribution is 5.83. The van der Waals surface area contributed by atoms with Crippen LogP contribution in [0.5, 0.6) is 0 Å². The standard InChI is InChI=1S/C15H15F3O2/c16-12-3-8(4-13(17)15(12)18)5-14(19)9-6-10-1-2-11(7-9)20-10/h3-4,9-11H,1-2,5-7H2. The smallest absolute Gasteiger partial charge is 0.194 e. The van der Waals surface area contributed by atoms with E-state index in [0.29, 0.717) is 12.8 Å². The fraction of sp³-hybridized carbons (Fsp3) is 0.533. The molecule has 0 aromatic heterocycles. The molecule has 2 atom stereocenters. The van der Waals surface area contributed by atoms with Crippen LogP contribution >= 0.6 is 0 Å². The first kappa shape index (κ1) is 13.6. The Balaban J connectivity index is 1.70. The van der Waals surface area contributed by atoms with Crippen molar-refractivity contribution < 1.29 is 22.7 Å². The molecule has 0 spiro atoms. The predicted octanol–water partition coefficient (Wildman–Crippen LogP) is 3.17. The van der Waals surface area contributed by atoms with Gasteiger partial charge < -0.3 is 4.74 Å². The first-order valence-electron chi connectivity index (χ1n) is 6.84. The molecule has 1 aromatic carbocycles. The molecule has 2 unspecified atom stereocenters. The van der Waals surface area contributed by atoms with Gasteiger partial charge in [0.2, 0.25) is 0 Å². The summed E-state index contributed by atoms with van der Waals surface area (Å²) in [6.45, 7) is 0. The maximum absolute atomic E-state index is 13.1. The van der Waals surface area contributed by atoms with E-state index in [1.165, 1.54) is 0 Å². The lowest BCUT2D eigenvalue weighted by atomic mass is 9.88. The summed E-state index contributed by atoms with van der Waals surface area (Å²) in [5.74, 6) is -4.15. The van der Waals surface area contributed by atoms with E-state index < -0.39 is 17.5 Å². The van der Waals surface area contributed by atoms with Gasteiger partial charge in [-0.15, -0.1) is 0 Å². The largest absolute Gasteiger partial charge is 0.375 e. The summed E-state index contributed by atoms with van der Waals surface area (Å²) >= 11 is 0. The van der Waals surface area contributed by atoms with Crippen LogP contribution < -0.4 is 0 Å². The SMILES string of the molecule is O=C(Cc1cc(F)c(F)c(F)c1)C1CC2CCC(C1)O2. The van der Waals surface area contributed by atoms with Crippen molar-refractivity contribution in [2.75, 3.05) is 0 Å². The summed E-state index contributed by atoms with van der Waals surface area (Å²) in [4.78, 5) is 12.2. The number of ketones is 1. The number of carbonyl (C=O) groups excluding carboxylic acids is 1. The average Bonchev–Trinajstić information content (AvgIpc) is 2.74. The molecular formula is C15H15F3O2. The number of fused-ring (bicyclic) bond motifs is 2. The molecule has 2 heterocycles. The molecule has 0 N–H and O–H groups in total. The van der Waals surface area contributed by atoms with Crippen molar-refractivity contribution in [3.8, 4) is 0 Å². The Kier molecular flexibility index (Phi) is 3.54. The number of rotatable bonds is 3. The lowest BCUT2D eigenvalue weighted by Crippen LogP contribution is -2.30. The number of ether oxygens (including phenoxy) is 1. The second-order valence-corrected chi connectivity index (χ2v) is 5.64. The summed E-state index contributed by atoms with van der Waals surface area (Å²) in [5.41, 5.74) is 0.185. The van der Waals surface area contributed by atoms with Crippen LogP contribution in [0.2, 0.25) is 0 Å². The highest BCUT2D eigenvalue weighted by Crippen LogP contribution is 2.36. The van der Waals surface area contributed by atoms with Gasteiger partial charge >= 0.3 is 0 Å². The van der Waals surface area contributed by atoms with Gasteiger partial charge in [0.25, 0.3) is 0 Å². The lowest BCUT2D eigenvalue weighted by molar-refractivity contribution is -0.127. The van der Waals surface area contributed by atoms with E-state index >= 15 is 0 Å². The Bertz CT molecular complexity index is 509. The van der Waals surface area contributed by atoms with Crippen LogP contribution in [0, 0.1) is 23.4 Å². The quantitative estimate of drug-likeness (QED) is 0.797. The average molecular weight is 284 g/mol. The maximum Gasteiger partial charge on any atom is 0.194 e.